The SMILES string of the molecule is NC(=S)c1cccc(OCc2ccccc2Br)n1. The number of thiocarbonyl (C=S) groups is 1. The maximum absolute atomic E-state index is 5.61. The third kappa shape index (κ3) is 3.27. The summed E-state index contributed by atoms with van der Waals surface area (Å²) in [6.45, 7) is 0.440. The Balaban J connectivity index is 2.09. The second-order valence-corrected chi connectivity index (χ2v) is 4.90. The molecule has 0 aliphatic heterocycles. The van der Waals surface area contributed by atoms with E-state index in [0.717, 1.165) is 10.0 Å². The van der Waals surface area contributed by atoms with Gasteiger partial charge in [-0.05, 0) is 12.1 Å². The molecule has 0 amide bonds. The van der Waals surface area contributed by atoms with Gasteiger partial charge in [-0.1, -0.05) is 52.4 Å². The van der Waals surface area contributed by atoms with E-state index in [0.29, 0.717) is 18.2 Å². The summed E-state index contributed by atoms with van der Waals surface area (Å²) >= 11 is 8.34. The van der Waals surface area contributed by atoms with Gasteiger partial charge in [-0.3, -0.25) is 0 Å². The lowest BCUT2D eigenvalue weighted by Crippen LogP contribution is -2.12. The molecule has 0 saturated heterocycles. The van der Waals surface area contributed by atoms with Gasteiger partial charge in [0.2, 0.25) is 5.88 Å². The number of pyridine rings is 1. The zero-order chi connectivity index (χ0) is 13.0. The molecule has 0 atom stereocenters. The molecule has 18 heavy (non-hydrogen) atoms. The van der Waals surface area contributed by atoms with Gasteiger partial charge >= 0.3 is 0 Å². The quantitative estimate of drug-likeness (QED) is 0.879. The van der Waals surface area contributed by atoms with E-state index >= 15 is 0 Å². The molecule has 0 spiro atoms. The molecule has 0 bridgehead atoms. The molecule has 2 rings (SSSR count). The standard InChI is InChI=1S/C13H11BrN2OS/c14-10-5-2-1-4-9(10)8-17-12-7-3-6-11(16-12)13(15)18/h1-7H,8H2,(H2,15,18). The number of nitrogens with two attached hydrogens (primary N) is 1. The van der Waals surface area contributed by atoms with Crippen LogP contribution < -0.4 is 10.5 Å². The van der Waals surface area contributed by atoms with Crippen LogP contribution in [0.1, 0.15) is 11.3 Å². The first kappa shape index (κ1) is 13.0. The van der Waals surface area contributed by atoms with Crippen LogP contribution in [0.3, 0.4) is 0 Å². The lowest BCUT2D eigenvalue weighted by molar-refractivity contribution is 0.293. The summed E-state index contributed by atoms with van der Waals surface area (Å²) in [6.07, 6.45) is 0. The Kier molecular flexibility index (Phi) is 4.28. The van der Waals surface area contributed by atoms with E-state index in [4.69, 9.17) is 22.7 Å². The van der Waals surface area contributed by atoms with Crippen molar-refractivity contribution in [2.24, 2.45) is 5.73 Å². The Morgan fingerprint density at radius 2 is 2.00 bits per heavy atom. The predicted octanol–water partition coefficient (Wildman–Crippen LogP) is 3.06. The van der Waals surface area contributed by atoms with Crippen LogP contribution in [0.5, 0.6) is 5.88 Å². The maximum Gasteiger partial charge on any atom is 0.214 e. The summed E-state index contributed by atoms with van der Waals surface area (Å²) in [5.41, 5.74) is 7.14. The van der Waals surface area contributed by atoms with E-state index < -0.39 is 0 Å². The summed E-state index contributed by atoms with van der Waals surface area (Å²) in [7, 11) is 0. The Labute approximate surface area is 119 Å². The molecule has 5 heteroatoms. The van der Waals surface area contributed by atoms with Gasteiger partial charge in [0.25, 0.3) is 0 Å². The van der Waals surface area contributed by atoms with Gasteiger partial charge in [0, 0.05) is 16.1 Å². The number of halogens is 1. The molecule has 2 N–H and O–H groups in total. The van der Waals surface area contributed by atoms with E-state index in [1.54, 1.807) is 12.1 Å². The van der Waals surface area contributed by atoms with Gasteiger partial charge in [0.05, 0.1) is 0 Å². The Morgan fingerprint density at radius 1 is 1.22 bits per heavy atom. The highest BCUT2D eigenvalue weighted by Crippen LogP contribution is 2.18. The minimum atomic E-state index is 0.265. The van der Waals surface area contributed by atoms with Crippen molar-refractivity contribution in [3.8, 4) is 5.88 Å². The molecular weight excluding hydrogens is 312 g/mol. The number of nitrogens with zero attached hydrogens (tertiary/aromatic N) is 1. The van der Waals surface area contributed by atoms with Crippen molar-refractivity contribution in [2.45, 2.75) is 6.61 Å². The van der Waals surface area contributed by atoms with Crippen LogP contribution >= 0.6 is 28.1 Å². The highest BCUT2D eigenvalue weighted by molar-refractivity contribution is 9.10. The summed E-state index contributed by atoms with van der Waals surface area (Å²) in [5.74, 6) is 0.510. The van der Waals surface area contributed by atoms with Crippen LogP contribution in [-0.4, -0.2) is 9.97 Å². The Morgan fingerprint density at radius 3 is 2.72 bits per heavy atom. The highest BCUT2D eigenvalue weighted by atomic mass is 79.9. The van der Waals surface area contributed by atoms with Crippen LogP contribution in [0.2, 0.25) is 0 Å². The molecule has 0 saturated carbocycles. The normalized spacial score (nSPS) is 10.1. The average Bonchev–Trinajstić information content (AvgIpc) is 2.38. The lowest BCUT2D eigenvalue weighted by atomic mass is 10.2. The van der Waals surface area contributed by atoms with Crippen LogP contribution in [0, 0.1) is 0 Å². The third-order valence-electron chi connectivity index (χ3n) is 2.31. The molecule has 0 unspecified atom stereocenters. The minimum absolute atomic E-state index is 0.265. The zero-order valence-corrected chi connectivity index (χ0v) is 11.9. The molecule has 0 aliphatic carbocycles. The first-order valence-corrected chi connectivity index (χ1v) is 6.50. The van der Waals surface area contributed by atoms with Crippen LogP contribution in [-0.2, 0) is 6.61 Å². The van der Waals surface area contributed by atoms with Crippen molar-refractivity contribution in [1.29, 1.82) is 0 Å². The minimum Gasteiger partial charge on any atom is -0.473 e. The van der Waals surface area contributed by atoms with E-state index in [9.17, 15) is 0 Å². The van der Waals surface area contributed by atoms with Gasteiger partial charge in [0.1, 0.15) is 17.3 Å². The molecule has 1 aromatic heterocycles. The first-order chi connectivity index (χ1) is 8.66. The number of hydrogen-bond donors (Lipinski definition) is 1. The topological polar surface area (TPSA) is 48.1 Å². The van der Waals surface area contributed by atoms with Crippen molar-refractivity contribution in [3.63, 3.8) is 0 Å². The fourth-order valence-corrected chi connectivity index (χ4v) is 1.91. The largest absolute Gasteiger partial charge is 0.473 e. The smallest absolute Gasteiger partial charge is 0.214 e. The van der Waals surface area contributed by atoms with Gasteiger partial charge < -0.3 is 10.5 Å². The summed E-state index contributed by atoms with van der Waals surface area (Å²) in [4.78, 5) is 4.48. The number of hydrogen-bond acceptors (Lipinski definition) is 3. The summed E-state index contributed by atoms with van der Waals surface area (Å²) in [5, 5.41) is 0. The van der Waals surface area contributed by atoms with Gasteiger partial charge in [0.15, 0.2) is 0 Å². The van der Waals surface area contributed by atoms with Crippen molar-refractivity contribution in [3.05, 3.63) is 58.2 Å². The summed E-state index contributed by atoms with van der Waals surface area (Å²) < 4.78 is 6.62. The molecule has 92 valence electrons. The number of aromatic nitrogens is 1. The fourth-order valence-electron chi connectivity index (χ4n) is 1.40. The number of ether oxygens (including phenoxy) is 1. The lowest BCUT2D eigenvalue weighted by Gasteiger charge is -2.07. The zero-order valence-electron chi connectivity index (χ0n) is 9.47. The van der Waals surface area contributed by atoms with Crippen molar-refractivity contribution in [1.82, 2.24) is 4.98 Å². The molecule has 1 aromatic carbocycles. The fraction of sp³-hybridized carbons (Fsp3) is 0.0769. The Bertz CT molecular complexity index is 574. The number of benzene rings is 1. The van der Waals surface area contributed by atoms with Crippen molar-refractivity contribution >= 4 is 33.1 Å². The molecule has 0 aliphatic rings. The second-order valence-electron chi connectivity index (χ2n) is 3.61. The van der Waals surface area contributed by atoms with Gasteiger partial charge in [-0.25, -0.2) is 4.98 Å². The Hall–Kier alpha value is -1.46. The average molecular weight is 323 g/mol. The van der Waals surface area contributed by atoms with Crippen molar-refractivity contribution < 1.29 is 4.74 Å². The highest BCUT2D eigenvalue weighted by Gasteiger charge is 2.03. The van der Waals surface area contributed by atoms with Crippen molar-refractivity contribution in [2.75, 3.05) is 0 Å². The second kappa shape index (κ2) is 5.93. The maximum atomic E-state index is 5.61. The molecule has 0 radical (unpaired) electrons. The number of rotatable bonds is 4. The van der Waals surface area contributed by atoms with E-state index in [1.807, 2.05) is 30.3 Å². The van der Waals surface area contributed by atoms with Gasteiger partial charge in [-0.2, -0.15) is 0 Å². The molecule has 2 aromatic rings. The molecular formula is C13H11BrN2OS. The van der Waals surface area contributed by atoms with Gasteiger partial charge in [-0.15, -0.1) is 0 Å². The predicted molar refractivity (Wildman–Crippen MR) is 78.6 cm³/mol. The first-order valence-electron chi connectivity index (χ1n) is 5.30. The third-order valence-corrected chi connectivity index (χ3v) is 3.29. The summed E-state index contributed by atoms with van der Waals surface area (Å²) in [6, 6.07) is 13.2. The molecule has 1 heterocycles. The monoisotopic (exact) mass is 322 g/mol. The van der Waals surface area contributed by atoms with E-state index in [-0.39, 0.29) is 4.99 Å². The van der Waals surface area contributed by atoms with Crippen LogP contribution in [0.4, 0.5) is 0 Å². The molecule has 3 nitrogen and oxygen atoms in total. The van der Waals surface area contributed by atoms with E-state index in [1.165, 1.54) is 0 Å². The van der Waals surface area contributed by atoms with E-state index in [2.05, 4.69) is 20.9 Å². The molecule has 0 fully saturated rings. The van der Waals surface area contributed by atoms with Crippen LogP contribution in [0.25, 0.3) is 0 Å². The van der Waals surface area contributed by atoms with Crippen LogP contribution in [0.15, 0.2) is 46.9 Å².